The van der Waals surface area contributed by atoms with Crippen LogP contribution in [-0.2, 0) is 40.1 Å². The van der Waals surface area contributed by atoms with Crippen molar-refractivity contribution in [1.82, 2.24) is 9.88 Å². The van der Waals surface area contributed by atoms with E-state index < -0.39 is 12.0 Å². The molecule has 1 aliphatic heterocycles. The van der Waals surface area contributed by atoms with E-state index in [1.165, 1.54) is 42.6 Å². The summed E-state index contributed by atoms with van der Waals surface area (Å²) in [7, 11) is 0. The van der Waals surface area contributed by atoms with Crippen molar-refractivity contribution in [2.75, 3.05) is 19.7 Å². The number of rotatable bonds is 12. The van der Waals surface area contributed by atoms with Gasteiger partial charge in [0.2, 0.25) is 0 Å². The zero-order valence-electron chi connectivity index (χ0n) is 21.4. The second kappa shape index (κ2) is 12.3. The highest BCUT2D eigenvalue weighted by atomic mass is 16.5. The summed E-state index contributed by atoms with van der Waals surface area (Å²) in [5.41, 5.74) is 5.78. The second-order valence-electron chi connectivity index (χ2n) is 10.7. The van der Waals surface area contributed by atoms with Gasteiger partial charge in [-0.2, -0.15) is 0 Å². The molecule has 2 heterocycles. The molecule has 2 atom stereocenters. The zero-order valence-corrected chi connectivity index (χ0v) is 21.4. The van der Waals surface area contributed by atoms with Gasteiger partial charge in [0.25, 0.3) is 0 Å². The molecule has 1 N–H and O–H groups in total. The van der Waals surface area contributed by atoms with Crippen molar-refractivity contribution < 1.29 is 19.4 Å². The molecular formula is C30H40N2O4. The first-order valence-corrected chi connectivity index (χ1v) is 13.9. The molecule has 0 spiro atoms. The van der Waals surface area contributed by atoms with Crippen molar-refractivity contribution in [2.24, 2.45) is 0 Å². The Morgan fingerprint density at radius 3 is 2.69 bits per heavy atom. The molecule has 0 bridgehead atoms. The summed E-state index contributed by atoms with van der Waals surface area (Å²) in [5.74, 6) is -0.802. The summed E-state index contributed by atoms with van der Waals surface area (Å²) in [6, 6.07) is 11.7. The van der Waals surface area contributed by atoms with Crippen LogP contribution in [0.5, 0.6) is 0 Å². The van der Waals surface area contributed by atoms with Crippen LogP contribution in [0.2, 0.25) is 0 Å². The van der Waals surface area contributed by atoms with Gasteiger partial charge >= 0.3 is 5.97 Å². The number of nitrogens with zero attached hydrogens (tertiary/aromatic N) is 2. The van der Waals surface area contributed by atoms with Gasteiger partial charge in [-0.25, -0.2) is 0 Å². The van der Waals surface area contributed by atoms with E-state index in [9.17, 15) is 9.90 Å². The molecule has 0 radical (unpaired) electrons. The summed E-state index contributed by atoms with van der Waals surface area (Å²) in [6.07, 6.45) is 12.6. The molecule has 0 amide bonds. The molecule has 5 rings (SSSR count). The Bertz CT molecular complexity index is 1020. The van der Waals surface area contributed by atoms with E-state index in [1.807, 2.05) is 24.3 Å². The molecular weight excluding hydrogens is 452 g/mol. The van der Waals surface area contributed by atoms with Gasteiger partial charge in [0.1, 0.15) is 6.04 Å². The average molecular weight is 493 g/mol. The van der Waals surface area contributed by atoms with E-state index >= 15 is 0 Å². The number of fused-ring (bicyclic) bond motifs is 1. The number of carboxylic acids is 1. The standard InChI is InChI=1S/C30H40N2O4/c33-30(34)29(27-13-3-1-9-23(27)21-36-25-11-7-12-25)32-18-17-26(20-32)35-19-6-5-10-24-16-15-22-8-2-4-14-28(22)31-24/h1,3,9,13,15-16,25-26,29H,2,4-8,10-12,14,17-21H2,(H,33,34)/t26-,29?/m1/s1. The van der Waals surface area contributed by atoms with Crippen LogP contribution in [-0.4, -0.2) is 52.9 Å². The largest absolute Gasteiger partial charge is 0.480 e. The highest BCUT2D eigenvalue weighted by Crippen LogP contribution is 2.31. The van der Waals surface area contributed by atoms with Crippen molar-refractivity contribution in [3.63, 3.8) is 0 Å². The number of aromatic nitrogens is 1. The summed E-state index contributed by atoms with van der Waals surface area (Å²) in [6.45, 7) is 2.59. The highest BCUT2D eigenvalue weighted by molar-refractivity contribution is 5.76. The summed E-state index contributed by atoms with van der Waals surface area (Å²) in [4.78, 5) is 19.3. The average Bonchev–Trinajstić information content (AvgIpc) is 3.32. The van der Waals surface area contributed by atoms with Gasteiger partial charge in [0, 0.05) is 31.1 Å². The molecule has 3 aliphatic rings. The lowest BCUT2D eigenvalue weighted by molar-refractivity contribution is -0.143. The predicted octanol–water partition coefficient (Wildman–Crippen LogP) is 5.27. The van der Waals surface area contributed by atoms with E-state index in [0.717, 1.165) is 62.6 Å². The Morgan fingerprint density at radius 1 is 1.00 bits per heavy atom. The van der Waals surface area contributed by atoms with E-state index in [2.05, 4.69) is 17.0 Å². The van der Waals surface area contributed by atoms with Crippen LogP contribution in [0.3, 0.4) is 0 Å². The van der Waals surface area contributed by atoms with Crippen molar-refractivity contribution in [2.45, 2.75) is 95.5 Å². The summed E-state index contributed by atoms with van der Waals surface area (Å²) >= 11 is 0. The number of benzene rings is 1. The van der Waals surface area contributed by atoms with Crippen LogP contribution in [0, 0.1) is 0 Å². The maximum absolute atomic E-state index is 12.3. The van der Waals surface area contributed by atoms with Crippen molar-refractivity contribution in [1.29, 1.82) is 0 Å². The fourth-order valence-electron chi connectivity index (χ4n) is 5.71. The molecule has 2 aromatic rings. The molecule has 1 saturated carbocycles. The van der Waals surface area contributed by atoms with Gasteiger partial charge in [-0.3, -0.25) is 14.7 Å². The molecule has 194 valence electrons. The van der Waals surface area contributed by atoms with E-state index in [1.54, 1.807) is 0 Å². The van der Waals surface area contributed by atoms with Gasteiger partial charge < -0.3 is 14.6 Å². The SMILES string of the molecule is O=C(O)C(c1ccccc1COC1CCC1)N1CC[C@@H](OCCCCc2ccc3c(n2)CCCC3)C1. The van der Waals surface area contributed by atoms with Gasteiger partial charge in [0.15, 0.2) is 0 Å². The monoisotopic (exact) mass is 492 g/mol. The van der Waals surface area contributed by atoms with Crippen LogP contribution in [0.25, 0.3) is 0 Å². The Morgan fingerprint density at radius 2 is 1.86 bits per heavy atom. The van der Waals surface area contributed by atoms with Crippen LogP contribution in [0.4, 0.5) is 0 Å². The fourth-order valence-corrected chi connectivity index (χ4v) is 5.71. The number of aliphatic carboxylic acids is 1. The normalized spacial score (nSPS) is 21.2. The number of unbranched alkanes of at least 4 members (excludes halogenated alkanes) is 1. The topological polar surface area (TPSA) is 71.9 Å². The number of hydrogen-bond donors (Lipinski definition) is 1. The predicted molar refractivity (Wildman–Crippen MR) is 139 cm³/mol. The lowest BCUT2D eigenvalue weighted by Crippen LogP contribution is -2.34. The number of hydrogen-bond acceptors (Lipinski definition) is 5. The minimum atomic E-state index is -0.802. The third kappa shape index (κ3) is 6.34. The fraction of sp³-hybridized carbons (Fsp3) is 0.600. The van der Waals surface area contributed by atoms with E-state index in [-0.39, 0.29) is 6.10 Å². The molecule has 6 nitrogen and oxygen atoms in total. The molecule has 36 heavy (non-hydrogen) atoms. The molecule has 1 aromatic heterocycles. The molecule has 2 aliphatic carbocycles. The zero-order chi connectivity index (χ0) is 24.7. The smallest absolute Gasteiger partial charge is 0.325 e. The Hall–Kier alpha value is -2.28. The number of ether oxygens (including phenoxy) is 2. The number of pyridine rings is 1. The van der Waals surface area contributed by atoms with E-state index in [0.29, 0.717) is 25.9 Å². The summed E-state index contributed by atoms with van der Waals surface area (Å²) < 4.78 is 12.2. The Kier molecular flexibility index (Phi) is 8.67. The lowest BCUT2D eigenvalue weighted by Gasteiger charge is -2.28. The maximum Gasteiger partial charge on any atom is 0.325 e. The second-order valence-corrected chi connectivity index (χ2v) is 10.7. The first-order valence-electron chi connectivity index (χ1n) is 13.9. The number of carbonyl (C=O) groups is 1. The van der Waals surface area contributed by atoms with Crippen LogP contribution < -0.4 is 0 Å². The minimum absolute atomic E-state index is 0.0899. The maximum atomic E-state index is 12.3. The van der Waals surface area contributed by atoms with Gasteiger partial charge in [-0.1, -0.05) is 30.3 Å². The van der Waals surface area contributed by atoms with Crippen LogP contribution in [0.15, 0.2) is 36.4 Å². The molecule has 1 saturated heterocycles. The Labute approximate surface area is 215 Å². The van der Waals surface area contributed by atoms with Gasteiger partial charge in [0.05, 0.1) is 18.8 Å². The lowest BCUT2D eigenvalue weighted by atomic mass is 9.95. The first-order chi connectivity index (χ1) is 17.7. The van der Waals surface area contributed by atoms with Crippen LogP contribution in [0.1, 0.15) is 85.5 Å². The van der Waals surface area contributed by atoms with Gasteiger partial charge in [-0.05, 0) is 93.4 Å². The van der Waals surface area contributed by atoms with Crippen LogP contribution >= 0.6 is 0 Å². The highest BCUT2D eigenvalue weighted by Gasteiger charge is 2.35. The molecule has 1 aromatic carbocycles. The third-order valence-corrected chi connectivity index (χ3v) is 8.07. The number of likely N-dealkylation sites (tertiary alicyclic amines) is 1. The quantitative estimate of drug-likeness (QED) is 0.407. The molecule has 2 fully saturated rings. The van der Waals surface area contributed by atoms with E-state index in [4.69, 9.17) is 14.5 Å². The minimum Gasteiger partial charge on any atom is -0.480 e. The molecule has 1 unspecified atom stereocenters. The Balaban J connectivity index is 1.08. The summed E-state index contributed by atoms with van der Waals surface area (Å²) in [5, 5.41) is 10.1. The number of aryl methyl sites for hydroxylation is 3. The van der Waals surface area contributed by atoms with Crippen molar-refractivity contribution in [3.05, 3.63) is 64.5 Å². The van der Waals surface area contributed by atoms with Gasteiger partial charge in [-0.15, -0.1) is 0 Å². The molecule has 6 heteroatoms. The van der Waals surface area contributed by atoms with Crippen molar-refractivity contribution >= 4 is 5.97 Å². The number of carboxylic acid groups (broad SMARTS) is 1. The first kappa shape index (κ1) is 25.4. The third-order valence-electron chi connectivity index (χ3n) is 8.07. The van der Waals surface area contributed by atoms with Crippen molar-refractivity contribution in [3.8, 4) is 0 Å².